The highest BCUT2D eigenvalue weighted by molar-refractivity contribution is 7.89. The average molecular weight is 462 g/mol. The molecule has 31 heavy (non-hydrogen) atoms. The molecule has 0 N–H and O–H groups in total. The summed E-state index contributed by atoms with van der Waals surface area (Å²) in [6.45, 7) is 2.04. The van der Waals surface area contributed by atoms with E-state index in [2.05, 4.69) is 0 Å². The maximum atomic E-state index is 13.0. The Balaban J connectivity index is 1.44. The molecule has 2 aromatic rings. The van der Waals surface area contributed by atoms with E-state index < -0.39 is 33.8 Å². The van der Waals surface area contributed by atoms with Gasteiger partial charge in [0, 0.05) is 31.2 Å². The van der Waals surface area contributed by atoms with E-state index in [9.17, 15) is 22.8 Å². The zero-order valence-electron chi connectivity index (χ0n) is 16.7. The van der Waals surface area contributed by atoms with Crippen LogP contribution < -0.4 is 0 Å². The van der Waals surface area contributed by atoms with E-state index >= 15 is 0 Å². The molecule has 0 spiro atoms. The van der Waals surface area contributed by atoms with Gasteiger partial charge in [-0.2, -0.15) is 4.31 Å². The molecular weight excluding hydrogens is 442 g/mol. The summed E-state index contributed by atoms with van der Waals surface area (Å²) >= 11 is 5.91. The summed E-state index contributed by atoms with van der Waals surface area (Å²) in [5.41, 5.74) is 0.564. The van der Waals surface area contributed by atoms with Crippen LogP contribution in [0.15, 0.2) is 53.4 Å². The summed E-state index contributed by atoms with van der Waals surface area (Å²) in [7, 11) is -3.73. The van der Waals surface area contributed by atoms with E-state index in [1.807, 2.05) is 0 Å². The molecular formula is C21H20ClN3O5S. The molecule has 1 unspecified atom stereocenters. The van der Waals surface area contributed by atoms with Crippen LogP contribution in [0.5, 0.6) is 0 Å². The first-order valence-electron chi connectivity index (χ1n) is 9.73. The summed E-state index contributed by atoms with van der Waals surface area (Å²) in [5, 5.41) is 0.324. The molecule has 2 heterocycles. The van der Waals surface area contributed by atoms with Crippen LogP contribution >= 0.6 is 11.6 Å². The van der Waals surface area contributed by atoms with Gasteiger partial charge in [-0.25, -0.2) is 8.42 Å². The normalized spacial score (nSPS) is 18.3. The van der Waals surface area contributed by atoms with Crippen molar-refractivity contribution in [2.45, 2.75) is 17.9 Å². The Bertz CT molecular complexity index is 1140. The lowest BCUT2D eigenvalue weighted by Crippen LogP contribution is -2.55. The molecule has 0 aliphatic carbocycles. The molecule has 2 aromatic carbocycles. The molecule has 10 heteroatoms. The van der Waals surface area contributed by atoms with E-state index in [1.54, 1.807) is 36.4 Å². The van der Waals surface area contributed by atoms with Crippen LogP contribution in [0.25, 0.3) is 0 Å². The van der Waals surface area contributed by atoms with Crippen molar-refractivity contribution in [1.29, 1.82) is 0 Å². The summed E-state index contributed by atoms with van der Waals surface area (Å²) in [6.07, 6.45) is 0. The van der Waals surface area contributed by atoms with Gasteiger partial charge in [0.15, 0.2) is 0 Å². The molecule has 0 aromatic heterocycles. The van der Waals surface area contributed by atoms with Crippen LogP contribution in [0.4, 0.5) is 0 Å². The molecule has 3 amide bonds. The van der Waals surface area contributed by atoms with Crippen LogP contribution in [0, 0.1) is 0 Å². The number of hydrogen-bond acceptors (Lipinski definition) is 5. The van der Waals surface area contributed by atoms with E-state index in [0.29, 0.717) is 5.02 Å². The molecule has 2 aliphatic rings. The largest absolute Gasteiger partial charge is 0.338 e. The number of rotatable bonds is 4. The maximum Gasteiger partial charge on any atom is 0.262 e. The van der Waals surface area contributed by atoms with Crippen molar-refractivity contribution in [1.82, 2.24) is 14.1 Å². The van der Waals surface area contributed by atoms with Crippen LogP contribution in [0.1, 0.15) is 27.6 Å². The van der Waals surface area contributed by atoms with Gasteiger partial charge in [-0.05, 0) is 37.3 Å². The van der Waals surface area contributed by atoms with Gasteiger partial charge in [0.2, 0.25) is 15.9 Å². The Kier molecular flexibility index (Phi) is 5.59. The highest BCUT2D eigenvalue weighted by atomic mass is 35.5. The van der Waals surface area contributed by atoms with Crippen LogP contribution in [0.3, 0.4) is 0 Å². The van der Waals surface area contributed by atoms with Crippen molar-refractivity contribution in [3.8, 4) is 0 Å². The summed E-state index contributed by atoms with van der Waals surface area (Å²) < 4.78 is 27.0. The van der Waals surface area contributed by atoms with Gasteiger partial charge in [0.1, 0.15) is 6.04 Å². The predicted octanol–water partition coefficient (Wildman–Crippen LogP) is 1.86. The van der Waals surface area contributed by atoms with Crippen molar-refractivity contribution in [2.75, 3.05) is 26.2 Å². The number of amides is 3. The standard InChI is InChI=1S/C21H20ClN3O5S/c1-14(25-20(27)17-7-2-3-8-18(17)21(25)28)19(26)23-9-11-24(12-10-23)31(29,30)16-6-4-5-15(22)13-16/h2-8,13-14H,9-12H2,1H3. The van der Waals surface area contributed by atoms with Crippen molar-refractivity contribution in [3.05, 3.63) is 64.7 Å². The molecule has 0 bridgehead atoms. The van der Waals surface area contributed by atoms with Gasteiger partial charge < -0.3 is 4.90 Å². The second-order valence-corrected chi connectivity index (χ2v) is 9.76. The van der Waals surface area contributed by atoms with Gasteiger partial charge in [0.25, 0.3) is 11.8 Å². The van der Waals surface area contributed by atoms with E-state index in [-0.39, 0.29) is 42.2 Å². The molecule has 1 saturated heterocycles. The van der Waals surface area contributed by atoms with E-state index in [1.165, 1.54) is 28.3 Å². The topological polar surface area (TPSA) is 95.1 Å². The smallest absolute Gasteiger partial charge is 0.262 e. The minimum Gasteiger partial charge on any atom is -0.338 e. The number of fused-ring (bicyclic) bond motifs is 1. The molecule has 1 fully saturated rings. The minimum absolute atomic E-state index is 0.0965. The lowest BCUT2D eigenvalue weighted by molar-refractivity contribution is -0.136. The fourth-order valence-corrected chi connectivity index (χ4v) is 5.58. The highest BCUT2D eigenvalue weighted by Gasteiger charge is 2.42. The maximum absolute atomic E-state index is 13.0. The third kappa shape index (κ3) is 3.73. The number of benzene rings is 2. The summed E-state index contributed by atoms with van der Waals surface area (Å²) in [6, 6.07) is 11.5. The van der Waals surface area contributed by atoms with Crippen molar-refractivity contribution >= 4 is 39.3 Å². The molecule has 4 rings (SSSR count). The zero-order chi connectivity index (χ0) is 22.3. The van der Waals surface area contributed by atoms with Crippen LogP contribution in [-0.2, 0) is 14.8 Å². The van der Waals surface area contributed by atoms with Crippen LogP contribution in [-0.4, -0.2) is 72.5 Å². The SMILES string of the molecule is CC(C(=O)N1CCN(S(=O)(=O)c2cccc(Cl)c2)CC1)N1C(=O)c2ccccc2C1=O. The number of imide groups is 1. The summed E-state index contributed by atoms with van der Waals surface area (Å²) in [4.78, 5) is 40.8. The molecule has 8 nitrogen and oxygen atoms in total. The van der Waals surface area contributed by atoms with E-state index in [0.717, 1.165) is 4.90 Å². The molecule has 1 atom stereocenters. The fraction of sp³-hybridized carbons (Fsp3) is 0.286. The number of sulfonamides is 1. The Hall–Kier alpha value is -2.75. The third-order valence-corrected chi connectivity index (χ3v) is 7.68. The van der Waals surface area contributed by atoms with Gasteiger partial charge in [0.05, 0.1) is 16.0 Å². The fourth-order valence-electron chi connectivity index (χ4n) is 3.86. The van der Waals surface area contributed by atoms with Gasteiger partial charge in [-0.15, -0.1) is 0 Å². The quantitative estimate of drug-likeness (QED) is 0.647. The molecule has 162 valence electrons. The Morgan fingerprint density at radius 1 is 0.935 bits per heavy atom. The number of nitrogens with zero attached hydrogens (tertiary/aromatic N) is 3. The lowest BCUT2D eigenvalue weighted by atomic mass is 10.1. The second-order valence-electron chi connectivity index (χ2n) is 7.39. The van der Waals surface area contributed by atoms with E-state index in [4.69, 9.17) is 11.6 Å². The zero-order valence-corrected chi connectivity index (χ0v) is 18.3. The van der Waals surface area contributed by atoms with Crippen molar-refractivity contribution in [2.24, 2.45) is 0 Å². The number of halogens is 1. The van der Waals surface area contributed by atoms with Gasteiger partial charge in [-0.1, -0.05) is 29.8 Å². The summed E-state index contributed by atoms with van der Waals surface area (Å²) in [5.74, 6) is -1.39. The lowest BCUT2D eigenvalue weighted by Gasteiger charge is -2.36. The number of piperazine rings is 1. The van der Waals surface area contributed by atoms with Crippen LogP contribution in [0.2, 0.25) is 5.02 Å². The first kappa shape index (κ1) is 21.5. The molecule has 0 saturated carbocycles. The van der Waals surface area contributed by atoms with Gasteiger partial charge >= 0.3 is 0 Å². The van der Waals surface area contributed by atoms with Crippen molar-refractivity contribution in [3.63, 3.8) is 0 Å². The second kappa shape index (κ2) is 8.07. The van der Waals surface area contributed by atoms with Crippen molar-refractivity contribution < 1.29 is 22.8 Å². The van der Waals surface area contributed by atoms with Gasteiger partial charge in [-0.3, -0.25) is 19.3 Å². The Morgan fingerprint density at radius 3 is 2.06 bits per heavy atom. The minimum atomic E-state index is -3.73. The first-order chi connectivity index (χ1) is 14.7. The Morgan fingerprint density at radius 2 is 1.52 bits per heavy atom. The highest BCUT2D eigenvalue weighted by Crippen LogP contribution is 2.26. The number of hydrogen-bond donors (Lipinski definition) is 0. The predicted molar refractivity (Wildman–Crippen MR) is 113 cm³/mol. The monoisotopic (exact) mass is 461 g/mol. The Labute approximate surface area is 185 Å². The average Bonchev–Trinajstić information content (AvgIpc) is 3.03. The third-order valence-electron chi connectivity index (χ3n) is 5.55. The molecule has 0 radical (unpaired) electrons. The molecule has 2 aliphatic heterocycles. The first-order valence-corrected chi connectivity index (χ1v) is 11.5. The number of carbonyl (C=O) groups is 3. The number of carbonyl (C=O) groups excluding carboxylic acids is 3.